The maximum absolute atomic E-state index is 13.1. The number of halogens is 4. The number of hydrogen-bond acceptors (Lipinski definition) is 4. The predicted octanol–water partition coefficient (Wildman–Crippen LogP) is 4.54. The van der Waals surface area contributed by atoms with Crippen LogP contribution in [0, 0.1) is 5.95 Å². The number of carbonyl (C=O) groups excluding carboxylic acids is 1. The fraction of sp³-hybridized carbons (Fsp3) is 0.100. The third-order valence-corrected chi connectivity index (χ3v) is 3.91. The second kappa shape index (κ2) is 8.17. The van der Waals surface area contributed by atoms with Gasteiger partial charge in [-0.25, -0.2) is 4.98 Å². The van der Waals surface area contributed by atoms with E-state index in [1.807, 2.05) is 0 Å². The Morgan fingerprint density at radius 3 is 2.55 bits per heavy atom. The van der Waals surface area contributed by atoms with Gasteiger partial charge in [0.05, 0.1) is 11.1 Å². The Hall–Kier alpha value is -3.62. The maximum atomic E-state index is 13.1. The molecule has 1 aromatic heterocycles. The Morgan fingerprint density at radius 1 is 1.07 bits per heavy atom. The summed E-state index contributed by atoms with van der Waals surface area (Å²) >= 11 is 0. The molecule has 0 fully saturated rings. The Balaban J connectivity index is 1.71. The van der Waals surface area contributed by atoms with Crippen molar-refractivity contribution in [1.29, 1.82) is 0 Å². The number of nitrogens with zero attached hydrogens (tertiary/aromatic N) is 1. The molecule has 3 aromatic rings. The van der Waals surface area contributed by atoms with Crippen LogP contribution in [0.25, 0.3) is 0 Å². The van der Waals surface area contributed by atoms with Crippen LogP contribution in [-0.2, 0) is 12.7 Å². The lowest BCUT2D eigenvalue weighted by Crippen LogP contribution is -2.24. The Labute approximate surface area is 163 Å². The van der Waals surface area contributed by atoms with Gasteiger partial charge in [0.2, 0.25) is 5.95 Å². The minimum absolute atomic E-state index is 0.0120. The third kappa shape index (κ3) is 5.01. The molecular formula is C20H15F4N3O2. The zero-order chi connectivity index (χ0) is 21.0. The number of pyridine rings is 1. The number of benzene rings is 2. The number of nitrogen functional groups attached to an aromatic ring is 1. The number of para-hydroxylation sites is 1. The summed E-state index contributed by atoms with van der Waals surface area (Å²) in [6.45, 7) is 0.0494. The summed E-state index contributed by atoms with van der Waals surface area (Å²) in [6.07, 6.45) is -4.55. The number of anilines is 1. The molecule has 29 heavy (non-hydrogen) atoms. The monoisotopic (exact) mass is 405 g/mol. The number of hydrogen-bond donors (Lipinski definition) is 2. The van der Waals surface area contributed by atoms with Crippen LogP contribution in [0.4, 0.5) is 23.4 Å². The molecule has 150 valence electrons. The lowest BCUT2D eigenvalue weighted by Gasteiger charge is -2.14. The highest BCUT2D eigenvalue weighted by Gasteiger charge is 2.34. The minimum Gasteiger partial charge on any atom is -0.457 e. The normalized spacial score (nSPS) is 11.2. The molecule has 5 nitrogen and oxygen atoms in total. The minimum atomic E-state index is -4.55. The lowest BCUT2D eigenvalue weighted by molar-refractivity contribution is -0.138. The quantitative estimate of drug-likeness (QED) is 0.483. The fourth-order valence-electron chi connectivity index (χ4n) is 2.56. The van der Waals surface area contributed by atoms with Gasteiger partial charge in [-0.3, -0.25) is 4.79 Å². The van der Waals surface area contributed by atoms with Crippen molar-refractivity contribution in [3.05, 3.63) is 83.3 Å². The highest BCUT2D eigenvalue weighted by atomic mass is 19.4. The molecule has 0 atom stereocenters. The van der Waals surface area contributed by atoms with Crippen molar-refractivity contribution in [3.8, 4) is 11.5 Å². The molecule has 0 unspecified atom stereocenters. The third-order valence-electron chi connectivity index (χ3n) is 3.91. The molecule has 3 rings (SSSR count). The Morgan fingerprint density at radius 2 is 1.83 bits per heavy atom. The van der Waals surface area contributed by atoms with E-state index in [1.54, 1.807) is 12.1 Å². The summed E-state index contributed by atoms with van der Waals surface area (Å²) < 4.78 is 57.7. The van der Waals surface area contributed by atoms with Crippen molar-refractivity contribution >= 4 is 11.7 Å². The van der Waals surface area contributed by atoms with E-state index in [4.69, 9.17) is 10.5 Å². The van der Waals surface area contributed by atoms with Crippen LogP contribution in [0.15, 0.2) is 60.7 Å². The van der Waals surface area contributed by atoms with Gasteiger partial charge in [0.25, 0.3) is 5.91 Å². The van der Waals surface area contributed by atoms with Gasteiger partial charge in [-0.1, -0.05) is 24.3 Å². The zero-order valence-corrected chi connectivity index (χ0v) is 14.8. The molecule has 2 aromatic carbocycles. The van der Waals surface area contributed by atoms with E-state index in [0.29, 0.717) is 5.56 Å². The van der Waals surface area contributed by atoms with Gasteiger partial charge in [-0.2, -0.15) is 17.6 Å². The molecule has 1 heterocycles. The van der Waals surface area contributed by atoms with Gasteiger partial charge in [0.1, 0.15) is 17.3 Å². The molecule has 0 aliphatic carbocycles. The summed E-state index contributed by atoms with van der Waals surface area (Å²) in [5, 5.41) is 2.59. The smallest absolute Gasteiger partial charge is 0.419 e. The van der Waals surface area contributed by atoms with Crippen molar-refractivity contribution in [2.45, 2.75) is 12.7 Å². The molecule has 0 spiro atoms. The number of carbonyl (C=O) groups is 1. The first-order chi connectivity index (χ1) is 13.7. The summed E-state index contributed by atoms with van der Waals surface area (Å²) in [5.41, 5.74) is 5.23. The van der Waals surface area contributed by atoms with E-state index in [2.05, 4.69) is 10.3 Å². The molecule has 0 radical (unpaired) electrons. The SMILES string of the molecule is Nc1nc(F)ccc1C(=O)NCc1cccc(Oc2ccccc2C(F)(F)F)c1. The summed E-state index contributed by atoms with van der Waals surface area (Å²) in [7, 11) is 0. The van der Waals surface area contributed by atoms with Crippen LogP contribution in [0.3, 0.4) is 0 Å². The first-order valence-electron chi connectivity index (χ1n) is 8.37. The molecular weight excluding hydrogens is 390 g/mol. The number of rotatable bonds is 5. The van der Waals surface area contributed by atoms with Gasteiger partial charge < -0.3 is 15.8 Å². The predicted molar refractivity (Wildman–Crippen MR) is 97.7 cm³/mol. The highest BCUT2D eigenvalue weighted by Crippen LogP contribution is 2.37. The van der Waals surface area contributed by atoms with Crippen LogP contribution >= 0.6 is 0 Å². The van der Waals surface area contributed by atoms with Gasteiger partial charge in [0, 0.05) is 6.54 Å². The number of ether oxygens (including phenoxy) is 1. The number of nitrogens with one attached hydrogen (secondary N) is 1. The lowest BCUT2D eigenvalue weighted by atomic mass is 10.1. The Kier molecular flexibility index (Phi) is 5.67. The summed E-state index contributed by atoms with van der Waals surface area (Å²) in [4.78, 5) is 15.5. The van der Waals surface area contributed by atoms with E-state index in [-0.39, 0.29) is 29.4 Å². The maximum Gasteiger partial charge on any atom is 0.419 e. The summed E-state index contributed by atoms with van der Waals surface area (Å²) in [6, 6.07) is 13.3. The molecule has 0 saturated carbocycles. The van der Waals surface area contributed by atoms with Crippen molar-refractivity contribution in [1.82, 2.24) is 10.3 Å². The molecule has 0 bridgehead atoms. The van der Waals surface area contributed by atoms with Crippen LogP contribution in [0.5, 0.6) is 11.5 Å². The van der Waals surface area contributed by atoms with Crippen LogP contribution in [0.2, 0.25) is 0 Å². The van der Waals surface area contributed by atoms with Crippen molar-refractivity contribution in [3.63, 3.8) is 0 Å². The zero-order valence-electron chi connectivity index (χ0n) is 14.8. The molecule has 3 N–H and O–H groups in total. The van der Waals surface area contributed by atoms with Gasteiger partial charge >= 0.3 is 6.18 Å². The highest BCUT2D eigenvalue weighted by molar-refractivity contribution is 5.98. The van der Waals surface area contributed by atoms with Crippen molar-refractivity contribution in [2.75, 3.05) is 5.73 Å². The van der Waals surface area contributed by atoms with E-state index in [0.717, 1.165) is 12.1 Å². The molecule has 9 heteroatoms. The van der Waals surface area contributed by atoms with Gasteiger partial charge in [-0.05, 0) is 42.0 Å². The van der Waals surface area contributed by atoms with E-state index >= 15 is 0 Å². The van der Waals surface area contributed by atoms with E-state index in [1.165, 1.54) is 36.4 Å². The molecule has 0 aliphatic rings. The number of alkyl halides is 3. The van der Waals surface area contributed by atoms with Crippen molar-refractivity contribution in [2.24, 2.45) is 0 Å². The largest absolute Gasteiger partial charge is 0.457 e. The summed E-state index contributed by atoms with van der Waals surface area (Å²) in [5.74, 6) is -1.77. The number of aromatic nitrogens is 1. The van der Waals surface area contributed by atoms with Crippen molar-refractivity contribution < 1.29 is 27.1 Å². The van der Waals surface area contributed by atoms with E-state index in [9.17, 15) is 22.4 Å². The molecule has 0 saturated heterocycles. The number of nitrogens with two attached hydrogens (primary N) is 1. The number of amides is 1. The topological polar surface area (TPSA) is 77.2 Å². The van der Waals surface area contributed by atoms with Crippen LogP contribution < -0.4 is 15.8 Å². The average molecular weight is 405 g/mol. The second-order valence-electron chi connectivity index (χ2n) is 5.99. The van der Waals surface area contributed by atoms with Crippen LogP contribution in [0.1, 0.15) is 21.5 Å². The fourth-order valence-corrected chi connectivity index (χ4v) is 2.56. The van der Waals surface area contributed by atoms with Gasteiger partial charge in [-0.15, -0.1) is 0 Å². The standard InChI is InChI=1S/C20H15F4N3O2/c21-17-9-8-14(18(25)27-17)19(28)26-11-12-4-3-5-13(10-12)29-16-7-2-1-6-15(16)20(22,23)24/h1-10H,11H2,(H2,25,27)(H,26,28). The first kappa shape index (κ1) is 20.1. The molecule has 0 aliphatic heterocycles. The van der Waals surface area contributed by atoms with Gasteiger partial charge in [0.15, 0.2) is 0 Å². The molecule has 1 amide bonds. The van der Waals surface area contributed by atoms with Crippen LogP contribution in [-0.4, -0.2) is 10.9 Å². The average Bonchev–Trinajstić information content (AvgIpc) is 2.66. The Bertz CT molecular complexity index is 1040. The second-order valence-corrected chi connectivity index (χ2v) is 5.99. The first-order valence-corrected chi connectivity index (χ1v) is 8.37. The van der Waals surface area contributed by atoms with E-state index < -0.39 is 23.6 Å².